The van der Waals surface area contributed by atoms with Crippen LogP contribution in [0.4, 0.5) is 0 Å². The van der Waals surface area contributed by atoms with Gasteiger partial charge in [0.15, 0.2) is 5.65 Å². The van der Waals surface area contributed by atoms with Gasteiger partial charge in [0.05, 0.1) is 19.4 Å². The lowest BCUT2D eigenvalue weighted by Crippen LogP contribution is -2.31. The zero-order chi connectivity index (χ0) is 24.4. The smallest absolute Gasteiger partial charge is 0.336 e. The van der Waals surface area contributed by atoms with E-state index in [1.165, 1.54) is 19.4 Å². The second-order valence-corrected chi connectivity index (χ2v) is 8.79. The van der Waals surface area contributed by atoms with E-state index in [4.69, 9.17) is 9.15 Å². The van der Waals surface area contributed by atoms with Crippen LogP contribution in [0.1, 0.15) is 5.56 Å². The molecule has 1 saturated heterocycles. The van der Waals surface area contributed by atoms with Gasteiger partial charge in [-0.3, -0.25) is 14.3 Å². The summed E-state index contributed by atoms with van der Waals surface area (Å²) in [5.41, 5.74) is 2.09. The third-order valence-electron chi connectivity index (χ3n) is 6.42. The molecule has 1 fully saturated rings. The number of nitrogens with one attached hydrogen (secondary N) is 1. The van der Waals surface area contributed by atoms with E-state index in [-0.39, 0.29) is 17.1 Å². The highest BCUT2D eigenvalue weighted by Crippen LogP contribution is 2.18. The second kappa shape index (κ2) is 9.95. The monoisotopic (exact) mass is 477 g/mol. The van der Waals surface area contributed by atoms with Crippen molar-refractivity contribution in [1.82, 2.24) is 24.8 Å². The highest BCUT2D eigenvalue weighted by atomic mass is 16.5. The molecule has 4 aromatic rings. The molecule has 4 heterocycles. The van der Waals surface area contributed by atoms with Gasteiger partial charge in [0.25, 0.3) is 5.56 Å². The minimum Gasteiger partial charge on any atom is -0.481 e. The Balaban J connectivity index is 1.18. The van der Waals surface area contributed by atoms with Crippen molar-refractivity contribution in [3.8, 4) is 5.88 Å². The van der Waals surface area contributed by atoms with Gasteiger partial charge in [0, 0.05) is 62.7 Å². The summed E-state index contributed by atoms with van der Waals surface area (Å²) in [6.07, 6.45) is 0.848. The van der Waals surface area contributed by atoms with E-state index in [9.17, 15) is 14.7 Å². The lowest BCUT2D eigenvalue weighted by Gasteiger charge is -2.17. The summed E-state index contributed by atoms with van der Waals surface area (Å²) in [6, 6.07) is 12.4. The van der Waals surface area contributed by atoms with E-state index >= 15 is 0 Å². The number of aliphatic hydroxyl groups excluding tert-OH is 1. The minimum absolute atomic E-state index is 0.0671. The van der Waals surface area contributed by atoms with Crippen LogP contribution in [0.25, 0.3) is 22.1 Å². The van der Waals surface area contributed by atoms with Crippen LogP contribution in [0.2, 0.25) is 0 Å². The molecule has 182 valence electrons. The summed E-state index contributed by atoms with van der Waals surface area (Å²) >= 11 is 0. The highest BCUT2D eigenvalue weighted by molar-refractivity contribution is 5.76. The quantitative estimate of drug-likeness (QED) is 0.358. The third-order valence-corrected chi connectivity index (χ3v) is 6.42. The Hall–Kier alpha value is -3.60. The van der Waals surface area contributed by atoms with Crippen molar-refractivity contribution in [3.05, 3.63) is 75.0 Å². The summed E-state index contributed by atoms with van der Waals surface area (Å²) in [6.45, 7) is 3.55. The number of methoxy groups -OCH3 is 1. The molecule has 0 bridgehead atoms. The Kier molecular flexibility index (Phi) is 6.58. The van der Waals surface area contributed by atoms with Crippen molar-refractivity contribution in [2.45, 2.75) is 19.2 Å². The standard InChI is InChI=1S/C25H27N5O5/c1-34-22-6-5-19-25(28-22)30(23(32)13-27-19)9-8-29-14-18(20(31)15-29)12-26-11-16-2-3-17-4-7-24(33)35-21(17)10-16/h2-7,10,13,18,20,26,31H,8-9,11-12,14-15H2,1H3. The maximum atomic E-state index is 12.5. The van der Waals surface area contributed by atoms with Crippen LogP contribution < -0.4 is 21.2 Å². The molecule has 0 radical (unpaired) electrons. The maximum absolute atomic E-state index is 12.5. The molecular weight excluding hydrogens is 450 g/mol. The summed E-state index contributed by atoms with van der Waals surface area (Å²) in [4.78, 5) is 34.6. The van der Waals surface area contributed by atoms with E-state index in [1.807, 2.05) is 18.2 Å². The lowest BCUT2D eigenvalue weighted by molar-refractivity contribution is 0.140. The fraction of sp³-hybridized carbons (Fsp3) is 0.360. The van der Waals surface area contributed by atoms with Crippen molar-refractivity contribution in [2.24, 2.45) is 5.92 Å². The SMILES string of the molecule is COc1ccc2ncc(=O)n(CCN3CC(O)C(CNCc4ccc5ccc(=O)oc5c4)C3)c2n1. The Morgan fingerprint density at radius 1 is 1.14 bits per heavy atom. The van der Waals surface area contributed by atoms with Crippen LogP contribution >= 0.6 is 0 Å². The first-order chi connectivity index (χ1) is 17.0. The van der Waals surface area contributed by atoms with Gasteiger partial charge in [-0.15, -0.1) is 0 Å². The van der Waals surface area contributed by atoms with Gasteiger partial charge in [0.1, 0.15) is 11.1 Å². The first-order valence-electron chi connectivity index (χ1n) is 11.5. The molecule has 1 aliphatic rings. The number of likely N-dealkylation sites (tertiary alicyclic amines) is 1. The molecule has 1 aliphatic heterocycles. The van der Waals surface area contributed by atoms with Gasteiger partial charge in [-0.05, 0) is 23.8 Å². The van der Waals surface area contributed by atoms with Crippen LogP contribution in [0, 0.1) is 5.92 Å². The van der Waals surface area contributed by atoms with Crippen molar-refractivity contribution >= 4 is 22.1 Å². The molecule has 2 atom stereocenters. The van der Waals surface area contributed by atoms with Gasteiger partial charge < -0.3 is 19.6 Å². The van der Waals surface area contributed by atoms with Crippen molar-refractivity contribution < 1.29 is 14.3 Å². The molecule has 10 heteroatoms. The van der Waals surface area contributed by atoms with Gasteiger partial charge >= 0.3 is 5.63 Å². The van der Waals surface area contributed by atoms with E-state index in [0.29, 0.717) is 55.4 Å². The topological polar surface area (TPSA) is 123 Å². The van der Waals surface area contributed by atoms with Crippen LogP contribution in [0.5, 0.6) is 5.88 Å². The number of hydrogen-bond donors (Lipinski definition) is 2. The van der Waals surface area contributed by atoms with E-state index in [2.05, 4.69) is 20.2 Å². The Bertz CT molecular complexity index is 1470. The van der Waals surface area contributed by atoms with Gasteiger partial charge in [0.2, 0.25) is 5.88 Å². The molecule has 10 nitrogen and oxygen atoms in total. The van der Waals surface area contributed by atoms with Crippen LogP contribution in [0.15, 0.2) is 62.7 Å². The number of pyridine rings is 1. The average Bonchev–Trinajstić information content (AvgIpc) is 3.21. The molecule has 1 aromatic carbocycles. The van der Waals surface area contributed by atoms with Gasteiger partial charge in [-0.25, -0.2) is 9.78 Å². The maximum Gasteiger partial charge on any atom is 0.336 e. The van der Waals surface area contributed by atoms with E-state index < -0.39 is 6.10 Å². The number of fused-ring (bicyclic) bond motifs is 2. The number of hydrogen-bond acceptors (Lipinski definition) is 9. The molecule has 0 saturated carbocycles. The normalized spacial score (nSPS) is 18.5. The second-order valence-electron chi connectivity index (χ2n) is 8.79. The van der Waals surface area contributed by atoms with Crippen LogP contribution in [-0.2, 0) is 13.1 Å². The van der Waals surface area contributed by atoms with Crippen molar-refractivity contribution in [3.63, 3.8) is 0 Å². The molecule has 0 amide bonds. The molecule has 3 aromatic heterocycles. The fourth-order valence-electron chi connectivity index (χ4n) is 4.53. The number of ether oxygens (including phenoxy) is 1. The Morgan fingerprint density at radius 3 is 2.86 bits per heavy atom. The van der Waals surface area contributed by atoms with Crippen LogP contribution in [0.3, 0.4) is 0 Å². The predicted molar refractivity (Wildman–Crippen MR) is 130 cm³/mol. The first-order valence-corrected chi connectivity index (χ1v) is 11.5. The Labute approximate surface area is 200 Å². The molecule has 0 spiro atoms. The van der Waals surface area contributed by atoms with Crippen molar-refractivity contribution in [2.75, 3.05) is 33.3 Å². The number of rotatable bonds is 8. The number of benzene rings is 1. The zero-order valence-electron chi connectivity index (χ0n) is 19.4. The number of nitrogens with zero attached hydrogens (tertiary/aromatic N) is 4. The van der Waals surface area contributed by atoms with Crippen LogP contribution in [-0.4, -0.2) is 63.9 Å². The first kappa shape index (κ1) is 23.2. The number of aliphatic hydroxyl groups is 1. The minimum atomic E-state index is -0.457. The van der Waals surface area contributed by atoms with Gasteiger partial charge in [-0.2, -0.15) is 4.98 Å². The third kappa shape index (κ3) is 5.09. The summed E-state index contributed by atoms with van der Waals surface area (Å²) in [5.74, 6) is 0.493. The largest absolute Gasteiger partial charge is 0.481 e. The zero-order valence-corrected chi connectivity index (χ0v) is 19.4. The summed E-state index contributed by atoms with van der Waals surface area (Å²) < 4.78 is 12.0. The molecule has 2 N–H and O–H groups in total. The highest BCUT2D eigenvalue weighted by Gasteiger charge is 2.30. The molecule has 5 rings (SSSR count). The molecule has 2 unspecified atom stereocenters. The Morgan fingerprint density at radius 2 is 2.00 bits per heavy atom. The lowest BCUT2D eigenvalue weighted by atomic mass is 10.1. The summed E-state index contributed by atoms with van der Waals surface area (Å²) in [5, 5.41) is 14.9. The number of β-amino-alcohol motifs (C(OH)–C–C–N with tert-alkyl or cyclic N) is 1. The fourth-order valence-corrected chi connectivity index (χ4v) is 4.53. The molecular formula is C25H27N5O5. The molecule has 35 heavy (non-hydrogen) atoms. The van der Waals surface area contributed by atoms with E-state index in [1.54, 1.807) is 22.8 Å². The summed E-state index contributed by atoms with van der Waals surface area (Å²) in [7, 11) is 1.53. The molecule has 0 aliphatic carbocycles. The van der Waals surface area contributed by atoms with E-state index in [0.717, 1.165) is 17.5 Å². The predicted octanol–water partition coefficient (Wildman–Crippen LogP) is 0.989. The number of aromatic nitrogens is 3. The van der Waals surface area contributed by atoms with Crippen molar-refractivity contribution in [1.29, 1.82) is 0 Å². The van der Waals surface area contributed by atoms with Gasteiger partial charge in [-0.1, -0.05) is 12.1 Å². The average molecular weight is 478 g/mol.